The van der Waals surface area contributed by atoms with E-state index in [9.17, 15) is 4.79 Å². The van der Waals surface area contributed by atoms with Crippen LogP contribution in [0.2, 0.25) is 12.1 Å². The molecule has 27 heavy (non-hydrogen) atoms. The number of carbonyl (C=O) groups excluding carboxylic acids is 1. The van der Waals surface area contributed by atoms with Crippen LogP contribution in [0.5, 0.6) is 0 Å². The number of hydrogen-bond donors (Lipinski definition) is 0. The molecule has 1 aromatic carbocycles. The Bertz CT molecular complexity index is 619. The highest BCUT2D eigenvalue weighted by Gasteiger charge is 2.33. The fraction of sp³-hybridized carbons (Fsp3) is 0.609. The van der Waals surface area contributed by atoms with Crippen LogP contribution in [-0.4, -0.2) is 20.1 Å². The highest BCUT2D eigenvalue weighted by molar-refractivity contribution is 6.95. The number of carbonyl (C=O) groups is 1. The van der Waals surface area contributed by atoms with Gasteiger partial charge in [0.05, 0.1) is 5.56 Å². The molecular formula is C23H36O3Si. The van der Waals surface area contributed by atoms with Crippen LogP contribution in [0.4, 0.5) is 0 Å². The van der Waals surface area contributed by atoms with E-state index in [1.807, 2.05) is 12.1 Å². The quantitative estimate of drug-likeness (QED) is 0.328. The Kier molecular flexibility index (Phi) is 7.87. The van der Waals surface area contributed by atoms with E-state index < -0.39 is 14.0 Å². The molecule has 0 heterocycles. The van der Waals surface area contributed by atoms with Crippen molar-refractivity contribution in [1.29, 1.82) is 0 Å². The average molecular weight is 389 g/mol. The molecule has 1 aromatic rings. The normalized spacial score (nSPS) is 23.3. The molecule has 1 saturated carbocycles. The number of hydrogen-bond acceptors (Lipinski definition) is 3. The van der Waals surface area contributed by atoms with Gasteiger partial charge in [-0.2, -0.15) is 4.89 Å². The molecule has 0 bridgehead atoms. The number of rotatable bonds is 8. The van der Waals surface area contributed by atoms with Gasteiger partial charge in [-0.15, -0.1) is 6.58 Å². The van der Waals surface area contributed by atoms with Crippen LogP contribution < -0.4 is 5.19 Å². The average Bonchev–Trinajstić information content (AvgIpc) is 2.68. The zero-order valence-corrected chi connectivity index (χ0v) is 18.7. The fourth-order valence-corrected chi connectivity index (χ4v) is 7.34. The summed E-state index contributed by atoms with van der Waals surface area (Å²) >= 11 is 0. The Balaban J connectivity index is 2.02. The summed E-state index contributed by atoms with van der Waals surface area (Å²) in [6.07, 6.45) is 3.31. The van der Waals surface area contributed by atoms with Crippen LogP contribution in [0.25, 0.3) is 0 Å². The van der Waals surface area contributed by atoms with Crippen molar-refractivity contribution >= 4 is 19.2 Å². The molecule has 0 radical (unpaired) electrons. The maximum absolute atomic E-state index is 12.5. The second-order valence-corrected chi connectivity index (χ2v) is 13.2. The van der Waals surface area contributed by atoms with Gasteiger partial charge in [-0.05, 0) is 42.7 Å². The zero-order chi connectivity index (χ0) is 20.0. The predicted octanol–water partition coefficient (Wildman–Crippen LogP) is 5.66. The van der Waals surface area contributed by atoms with Gasteiger partial charge < -0.3 is 0 Å². The molecule has 3 unspecified atom stereocenters. The first-order valence-electron chi connectivity index (χ1n) is 10.5. The minimum atomic E-state index is -1.65. The summed E-state index contributed by atoms with van der Waals surface area (Å²) < 4.78 is 0. The molecule has 0 saturated heterocycles. The SMILES string of the molecule is C=C[Si](CC)(CC)c1ccc(C(=O)OOC2CC(C)CCC2C(C)C)cc1. The standard InChI is InChI=1S/C23H36O3Si/c1-7-27(8-2,9-3)20-13-11-19(12-14-20)23(24)26-25-22-16-18(6)10-15-21(22)17(4)5/h7,11-14,17-18,21-22H,1,8-10,15-16H2,2-6H3. The minimum Gasteiger partial charge on any atom is -0.293 e. The Morgan fingerprint density at radius 3 is 2.37 bits per heavy atom. The van der Waals surface area contributed by atoms with Gasteiger partial charge in [0, 0.05) is 0 Å². The first kappa shape index (κ1) is 21.9. The van der Waals surface area contributed by atoms with E-state index in [-0.39, 0.29) is 6.10 Å². The van der Waals surface area contributed by atoms with Crippen LogP contribution in [0.15, 0.2) is 36.5 Å². The van der Waals surface area contributed by atoms with Crippen molar-refractivity contribution in [3.8, 4) is 0 Å². The monoisotopic (exact) mass is 388 g/mol. The molecule has 0 aromatic heterocycles. The molecule has 0 amide bonds. The first-order chi connectivity index (χ1) is 12.9. The molecule has 1 aliphatic carbocycles. The Labute approximate surface area is 166 Å². The van der Waals surface area contributed by atoms with E-state index in [0.29, 0.717) is 23.3 Å². The lowest BCUT2D eigenvalue weighted by molar-refractivity contribution is -0.296. The summed E-state index contributed by atoms with van der Waals surface area (Å²) in [5.41, 5.74) is 2.70. The Morgan fingerprint density at radius 1 is 1.22 bits per heavy atom. The second kappa shape index (κ2) is 9.70. The van der Waals surface area contributed by atoms with Crippen molar-refractivity contribution in [1.82, 2.24) is 0 Å². The van der Waals surface area contributed by atoms with Crippen molar-refractivity contribution in [2.45, 2.75) is 72.1 Å². The summed E-state index contributed by atoms with van der Waals surface area (Å²) in [7, 11) is -1.65. The van der Waals surface area contributed by atoms with Gasteiger partial charge in [0.1, 0.15) is 14.2 Å². The number of benzene rings is 1. The van der Waals surface area contributed by atoms with E-state index in [2.05, 4.69) is 59.0 Å². The smallest absolute Gasteiger partial charge is 0.293 e. The molecule has 4 heteroatoms. The lowest BCUT2D eigenvalue weighted by Gasteiger charge is -2.35. The third kappa shape index (κ3) is 5.11. The summed E-state index contributed by atoms with van der Waals surface area (Å²) in [5.74, 6) is 1.19. The molecule has 3 nitrogen and oxygen atoms in total. The third-order valence-corrected chi connectivity index (χ3v) is 11.3. The lowest BCUT2D eigenvalue weighted by atomic mass is 9.75. The van der Waals surface area contributed by atoms with Gasteiger partial charge in [0.15, 0.2) is 0 Å². The summed E-state index contributed by atoms with van der Waals surface area (Å²) in [4.78, 5) is 23.4. The summed E-state index contributed by atoms with van der Waals surface area (Å²) in [5, 5.41) is 1.32. The molecule has 1 fully saturated rings. The van der Waals surface area contributed by atoms with E-state index in [1.54, 1.807) is 0 Å². The first-order valence-corrected chi connectivity index (χ1v) is 13.0. The Hall–Kier alpha value is -1.39. The largest absolute Gasteiger partial charge is 0.373 e. The topological polar surface area (TPSA) is 35.5 Å². The Morgan fingerprint density at radius 2 is 1.85 bits per heavy atom. The highest BCUT2D eigenvalue weighted by Crippen LogP contribution is 2.35. The van der Waals surface area contributed by atoms with Crippen molar-refractivity contribution < 1.29 is 14.6 Å². The molecule has 2 rings (SSSR count). The van der Waals surface area contributed by atoms with Crippen LogP contribution in [0, 0.1) is 17.8 Å². The van der Waals surface area contributed by atoms with Crippen LogP contribution in [0.3, 0.4) is 0 Å². The second-order valence-electron chi connectivity index (χ2n) is 8.48. The summed E-state index contributed by atoms with van der Waals surface area (Å²) in [6, 6.07) is 10.1. The molecule has 0 spiro atoms. The van der Waals surface area contributed by atoms with Crippen molar-refractivity contribution in [2.24, 2.45) is 17.8 Å². The van der Waals surface area contributed by atoms with Gasteiger partial charge >= 0.3 is 5.97 Å². The van der Waals surface area contributed by atoms with Crippen molar-refractivity contribution in [3.63, 3.8) is 0 Å². The van der Waals surface area contributed by atoms with Crippen molar-refractivity contribution in [3.05, 3.63) is 42.1 Å². The van der Waals surface area contributed by atoms with E-state index in [1.165, 1.54) is 11.6 Å². The molecule has 0 N–H and O–H groups in total. The third-order valence-electron chi connectivity index (χ3n) is 6.56. The van der Waals surface area contributed by atoms with Gasteiger partial charge in [0.2, 0.25) is 0 Å². The summed E-state index contributed by atoms with van der Waals surface area (Å²) in [6.45, 7) is 15.2. The molecular weight excluding hydrogens is 352 g/mol. The van der Waals surface area contributed by atoms with Crippen LogP contribution in [-0.2, 0) is 9.78 Å². The maximum atomic E-state index is 12.5. The van der Waals surface area contributed by atoms with Crippen LogP contribution >= 0.6 is 0 Å². The van der Waals surface area contributed by atoms with E-state index in [0.717, 1.165) is 24.9 Å². The zero-order valence-electron chi connectivity index (χ0n) is 17.7. The van der Waals surface area contributed by atoms with Gasteiger partial charge in [-0.1, -0.05) is 76.1 Å². The fourth-order valence-electron chi connectivity index (χ4n) is 4.38. The predicted molar refractivity (Wildman–Crippen MR) is 115 cm³/mol. The minimum absolute atomic E-state index is 0.00187. The van der Waals surface area contributed by atoms with Crippen LogP contribution in [0.1, 0.15) is 64.2 Å². The molecule has 1 aliphatic rings. The maximum Gasteiger partial charge on any atom is 0.373 e. The molecule has 150 valence electrons. The van der Waals surface area contributed by atoms with E-state index in [4.69, 9.17) is 9.78 Å². The van der Waals surface area contributed by atoms with Gasteiger partial charge in [-0.3, -0.25) is 4.89 Å². The van der Waals surface area contributed by atoms with Crippen molar-refractivity contribution in [2.75, 3.05) is 0 Å². The highest BCUT2D eigenvalue weighted by atomic mass is 28.3. The van der Waals surface area contributed by atoms with Gasteiger partial charge in [-0.25, -0.2) is 4.79 Å². The lowest BCUT2D eigenvalue weighted by Crippen LogP contribution is -2.44. The molecule has 0 aliphatic heterocycles. The van der Waals surface area contributed by atoms with E-state index >= 15 is 0 Å². The molecule has 3 atom stereocenters. The van der Waals surface area contributed by atoms with Gasteiger partial charge in [0.25, 0.3) is 0 Å².